The quantitative estimate of drug-likeness (QED) is 0.613. The van der Waals surface area contributed by atoms with E-state index in [0.29, 0.717) is 17.3 Å². The lowest BCUT2D eigenvalue weighted by molar-refractivity contribution is 0.0693. The van der Waals surface area contributed by atoms with Gasteiger partial charge in [0.05, 0.1) is 5.60 Å². The van der Waals surface area contributed by atoms with Gasteiger partial charge in [-0.05, 0) is 23.7 Å². The van der Waals surface area contributed by atoms with Crippen LogP contribution >= 0.6 is 0 Å². The minimum atomic E-state index is -0.522. The first-order valence-electron chi connectivity index (χ1n) is 5.63. The van der Waals surface area contributed by atoms with Gasteiger partial charge in [0.1, 0.15) is 0 Å². The number of hydrogen-bond donors (Lipinski definition) is 2. The van der Waals surface area contributed by atoms with Crippen LogP contribution in [-0.2, 0) is 0 Å². The van der Waals surface area contributed by atoms with Crippen molar-refractivity contribution in [2.24, 2.45) is 33.8 Å². The lowest BCUT2D eigenvalue weighted by atomic mass is 9.80. The van der Waals surface area contributed by atoms with Gasteiger partial charge < -0.3 is 10.8 Å². The highest BCUT2D eigenvalue weighted by Gasteiger charge is 2.96. The molecule has 0 aromatic heterocycles. The monoisotopic (exact) mass is 195 g/mol. The standard InChI is InChI=1S/C12H21NO/c1-9(2)7-6(13)8-11(4,10(7,9)3)12(8,5)14/h6-8,14H,13H2,1-5H3. The lowest BCUT2D eigenvalue weighted by Crippen LogP contribution is -2.31. The summed E-state index contributed by atoms with van der Waals surface area (Å²) in [7, 11) is 0. The highest BCUT2D eigenvalue weighted by atomic mass is 16.3. The first-order chi connectivity index (χ1) is 6.15. The minimum absolute atomic E-state index is 0.0631. The van der Waals surface area contributed by atoms with E-state index in [1.807, 2.05) is 6.92 Å². The van der Waals surface area contributed by atoms with Crippen molar-refractivity contribution in [2.45, 2.75) is 46.3 Å². The predicted octanol–water partition coefficient (Wildman–Crippen LogP) is 1.38. The fourth-order valence-electron chi connectivity index (χ4n) is 5.50. The van der Waals surface area contributed by atoms with Gasteiger partial charge >= 0.3 is 0 Å². The van der Waals surface area contributed by atoms with Crippen LogP contribution in [0.25, 0.3) is 0 Å². The third-order valence-electron chi connectivity index (χ3n) is 6.70. The molecule has 3 N–H and O–H groups in total. The zero-order chi connectivity index (χ0) is 10.7. The maximum atomic E-state index is 10.4. The Morgan fingerprint density at radius 1 is 0.929 bits per heavy atom. The molecule has 0 spiro atoms. The molecule has 14 heavy (non-hydrogen) atoms. The molecule has 0 aliphatic heterocycles. The van der Waals surface area contributed by atoms with Gasteiger partial charge in [0.25, 0.3) is 0 Å². The van der Waals surface area contributed by atoms with E-state index in [-0.39, 0.29) is 16.9 Å². The van der Waals surface area contributed by atoms with Crippen molar-refractivity contribution in [3.05, 3.63) is 0 Å². The Labute approximate surface area is 85.9 Å². The maximum Gasteiger partial charge on any atom is 0.0732 e. The summed E-state index contributed by atoms with van der Waals surface area (Å²) in [6, 6.07) is 0.204. The van der Waals surface area contributed by atoms with Crippen molar-refractivity contribution in [1.82, 2.24) is 0 Å². The molecule has 6 unspecified atom stereocenters. The summed E-state index contributed by atoms with van der Waals surface area (Å²) < 4.78 is 0. The van der Waals surface area contributed by atoms with Gasteiger partial charge in [-0.1, -0.05) is 27.7 Å². The number of rotatable bonds is 0. The Morgan fingerprint density at radius 3 is 1.79 bits per heavy atom. The highest BCUT2D eigenvalue weighted by Crippen LogP contribution is 2.93. The number of aliphatic hydroxyl groups is 1. The molecule has 0 bridgehead atoms. The molecule has 3 aliphatic rings. The normalized spacial score (nSPS) is 72.6. The summed E-state index contributed by atoms with van der Waals surface area (Å²) in [5.74, 6) is 0.947. The molecule has 3 fully saturated rings. The topological polar surface area (TPSA) is 46.2 Å². The van der Waals surface area contributed by atoms with E-state index in [0.717, 1.165) is 0 Å². The summed E-state index contributed by atoms with van der Waals surface area (Å²) in [5.41, 5.74) is 6.38. The third-order valence-corrected chi connectivity index (χ3v) is 6.70. The Hall–Kier alpha value is -0.0800. The Balaban J connectivity index is 2.13. The van der Waals surface area contributed by atoms with Gasteiger partial charge in [-0.3, -0.25) is 0 Å². The van der Waals surface area contributed by atoms with Crippen LogP contribution in [0.1, 0.15) is 34.6 Å². The average Bonchev–Trinajstić information content (AvgIpc) is 2.58. The van der Waals surface area contributed by atoms with Crippen LogP contribution in [-0.4, -0.2) is 16.7 Å². The molecule has 80 valence electrons. The number of nitrogens with two attached hydrogens (primary N) is 1. The summed E-state index contributed by atoms with van der Waals surface area (Å²) >= 11 is 0. The van der Waals surface area contributed by atoms with Crippen molar-refractivity contribution < 1.29 is 5.11 Å². The van der Waals surface area contributed by atoms with Crippen molar-refractivity contribution in [2.75, 3.05) is 0 Å². The molecule has 2 heteroatoms. The second-order valence-corrected chi connectivity index (χ2v) is 6.81. The van der Waals surface area contributed by atoms with Gasteiger partial charge in [-0.2, -0.15) is 0 Å². The molecule has 3 aliphatic carbocycles. The van der Waals surface area contributed by atoms with E-state index in [2.05, 4.69) is 27.7 Å². The largest absolute Gasteiger partial charge is 0.389 e. The molecule has 3 saturated carbocycles. The molecule has 0 radical (unpaired) electrons. The van der Waals surface area contributed by atoms with Crippen LogP contribution in [0.4, 0.5) is 0 Å². The SMILES string of the molecule is CC1(C)C2C(N)C3C(C)(O)C3(C)C21C. The van der Waals surface area contributed by atoms with Crippen molar-refractivity contribution in [1.29, 1.82) is 0 Å². The fraction of sp³-hybridized carbons (Fsp3) is 1.00. The van der Waals surface area contributed by atoms with Gasteiger partial charge in [0.15, 0.2) is 0 Å². The molecule has 0 heterocycles. The molecule has 0 aromatic rings. The number of fused-ring (bicyclic) bond motifs is 3. The molecular formula is C12H21NO. The van der Waals surface area contributed by atoms with Crippen LogP contribution in [0.5, 0.6) is 0 Å². The Bertz CT molecular complexity index is 303. The van der Waals surface area contributed by atoms with Gasteiger partial charge in [-0.15, -0.1) is 0 Å². The van der Waals surface area contributed by atoms with Gasteiger partial charge in [0.2, 0.25) is 0 Å². The lowest BCUT2D eigenvalue weighted by Gasteiger charge is -2.25. The molecule has 3 rings (SSSR count). The Morgan fingerprint density at radius 2 is 1.43 bits per heavy atom. The van der Waals surface area contributed by atoms with Crippen LogP contribution in [0.3, 0.4) is 0 Å². The van der Waals surface area contributed by atoms with Gasteiger partial charge in [-0.25, -0.2) is 0 Å². The van der Waals surface area contributed by atoms with E-state index < -0.39 is 5.60 Å². The van der Waals surface area contributed by atoms with E-state index in [1.54, 1.807) is 0 Å². The molecular weight excluding hydrogens is 174 g/mol. The molecule has 0 saturated heterocycles. The third kappa shape index (κ3) is 0.471. The predicted molar refractivity (Wildman–Crippen MR) is 55.6 cm³/mol. The summed E-state index contributed by atoms with van der Waals surface area (Å²) in [6.07, 6.45) is 0. The smallest absolute Gasteiger partial charge is 0.0732 e. The van der Waals surface area contributed by atoms with Crippen molar-refractivity contribution in [3.63, 3.8) is 0 Å². The number of hydrogen-bond acceptors (Lipinski definition) is 2. The molecule has 0 amide bonds. The second-order valence-electron chi connectivity index (χ2n) is 6.81. The van der Waals surface area contributed by atoms with Crippen LogP contribution < -0.4 is 5.73 Å². The van der Waals surface area contributed by atoms with E-state index in [1.165, 1.54) is 0 Å². The zero-order valence-electron chi connectivity index (χ0n) is 9.76. The molecule has 0 aromatic carbocycles. The summed E-state index contributed by atoms with van der Waals surface area (Å²) in [4.78, 5) is 0. The summed E-state index contributed by atoms with van der Waals surface area (Å²) in [6.45, 7) is 11.1. The maximum absolute atomic E-state index is 10.4. The fourth-order valence-corrected chi connectivity index (χ4v) is 5.50. The van der Waals surface area contributed by atoms with E-state index >= 15 is 0 Å². The van der Waals surface area contributed by atoms with E-state index in [4.69, 9.17) is 5.73 Å². The Kier molecular flexibility index (Phi) is 1.11. The first-order valence-corrected chi connectivity index (χ1v) is 5.63. The van der Waals surface area contributed by atoms with Crippen molar-refractivity contribution >= 4 is 0 Å². The molecule has 6 atom stereocenters. The van der Waals surface area contributed by atoms with Crippen molar-refractivity contribution in [3.8, 4) is 0 Å². The molecule has 2 nitrogen and oxygen atoms in total. The summed E-state index contributed by atoms with van der Waals surface area (Å²) in [5, 5.41) is 10.4. The minimum Gasteiger partial charge on any atom is -0.389 e. The van der Waals surface area contributed by atoms with Crippen LogP contribution in [0.2, 0.25) is 0 Å². The highest BCUT2D eigenvalue weighted by molar-refractivity contribution is 5.45. The van der Waals surface area contributed by atoms with Gasteiger partial charge in [0, 0.05) is 17.4 Å². The average molecular weight is 195 g/mol. The van der Waals surface area contributed by atoms with Crippen LogP contribution in [0.15, 0.2) is 0 Å². The van der Waals surface area contributed by atoms with Crippen LogP contribution in [0, 0.1) is 28.1 Å². The first kappa shape index (κ1) is 9.17. The zero-order valence-corrected chi connectivity index (χ0v) is 9.76. The second kappa shape index (κ2) is 1.69. The van der Waals surface area contributed by atoms with E-state index in [9.17, 15) is 5.11 Å².